The number of aliphatic hydroxyl groups is 1. The van der Waals surface area contributed by atoms with Gasteiger partial charge < -0.3 is 14.4 Å². The minimum Gasteiger partial charge on any atom is -0.406 e. The molecule has 0 bridgehead atoms. The second-order valence-corrected chi connectivity index (χ2v) is 10.3. The average molecular weight is 660 g/mol. The largest absolute Gasteiger partial charge is 0.573 e. The van der Waals surface area contributed by atoms with Crippen LogP contribution in [-0.2, 0) is 23.9 Å². The van der Waals surface area contributed by atoms with Crippen LogP contribution in [0, 0.1) is 18.6 Å². The van der Waals surface area contributed by atoms with Crippen molar-refractivity contribution in [2.45, 2.75) is 31.0 Å². The highest BCUT2D eigenvalue weighted by atomic mass is 32.2. The molecule has 0 aliphatic heterocycles. The summed E-state index contributed by atoms with van der Waals surface area (Å²) in [6.45, 7) is 0.253. The molecule has 236 valence electrons. The molecule has 0 saturated heterocycles. The fraction of sp³-hybridized carbons (Fsp3) is 0.148. The average Bonchev–Trinajstić information content (AvgIpc) is 3.59. The van der Waals surface area contributed by atoms with E-state index in [0.29, 0.717) is 6.20 Å². The molecule has 0 spiro atoms. The summed E-state index contributed by atoms with van der Waals surface area (Å²) >= 11 is -2.78. The van der Waals surface area contributed by atoms with Gasteiger partial charge in [-0.1, -0.05) is 5.21 Å². The zero-order chi connectivity index (χ0) is 32.8. The highest BCUT2D eigenvalue weighted by molar-refractivity contribution is 7.79. The van der Waals surface area contributed by atoms with Crippen LogP contribution in [0.1, 0.15) is 17.1 Å². The van der Waals surface area contributed by atoms with Crippen LogP contribution in [0.15, 0.2) is 65.8 Å². The van der Waals surface area contributed by atoms with Gasteiger partial charge in [-0.05, 0) is 66.6 Å². The van der Waals surface area contributed by atoms with Gasteiger partial charge in [-0.2, -0.15) is 13.2 Å². The van der Waals surface area contributed by atoms with Crippen molar-refractivity contribution < 1.29 is 53.7 Å². The quantitative estimate of drug-likeness (QED) is 0.154. The molecule has 1 unspecified atom stereocenters. The SMILES string of the molecule is Cc1nc(C(F)(F)F)cn1-c1c(F)cc(-c2cc(F)c(CO)c(S(=O)O)c2)cc1-n1nncc1-c1ccc(OC(F)(F)F)cc1. The molecule has 18 heteroatoms. The second-order valence-electron chi connectivity index (χ2n) is 9.31. The summed E-state index contributed by atoms with van der Waals surface area (Å²) in [5.41, 5.74) is -2.68. The van der Waals surface area contributed by atoms with Crippen molar-refractivity contribution in [2.24, 2.45) is 0 Å². The summed E-state index contributed by atoms with van der Waals surface area (Å²) in [6.07, 6.45) is -8.17. The third kappa shape index (κ3) is 6.43. The summed E-state index contributed by atoms with van der Waals surface area (Å²) < 4.78 is 136. The number of aliphatic hydroxyl groups excluding tert-OH is 1. The van der Waals surface area contributed by atoms with Crippen molar-refractivity contribution in [1.29, 1.82) is 0 Å². The Balaban J connectivity index is 1.75. The van der Waals surface area contributed by atoms with E-state index >= 15 is 4.39 Å². The van der Waals surface area contributed by atoms with Gasteiger partial charge in [0.25, 0.3) is 0 Å². The van der Waals surface area contributed by atoms with E-state index in [-0.39, 0.29) is 33.9 Å². The van der Waals surface area contributed by atoms with Crippen LogP contribution in [0.3, 0.4) is 0 Å². The van der Waals surface area contributed by atoms with Crippen LogP contribution in [0.25, 0.3) is 33.8 Å². The number of alkyl halides is 6. The number of halogens is 8. The number of aryl methyl sites for hydroxylation is 1. The van der Waals surface area contributed by atoms with Crippen LogP contribution in [-0.4, -0.2) is 44.8 Å². The maximum atomic E-state index is 16.1. The summed E-state index contributed by atoms with van der Waals surface area (Å²) in [5, 5.41) is 17.2. The molecule has 0 amide bonds. The monoisotopic (exact) mass is 659 g/mol. The summed E-state index contributed by atoms with van der Waals surface area (Å²) in [5.74, 6) is -3.10. The van der Waals surface area contributed by atoms with Crippen molar-refractivity contribution >= 4 is 11.1 Å². The number of imidazole rings is 1. The predicted octanol–water partition coefficient (Wildman–Crippen LogP) is 6.36. The number of hydrogen-bond acceptors (Lipinski definition) is 6. The third-order valence-electron chi connectivity index (χ3n) is 6.45. The lowest BCUT2D eigenvalue weighted by Gasteiger charge is -2.17. The molecule has 45 heavy (non-hydrogen) atoms. The van der Waals surface area contributed by atoms with E-state index in [9.17, 15) is 44.6 Å². The van der Waals surface area contributed by atoms with Crippen molar-refractivity contribution in [3.8, 4) is 39.5 Å². The van der Waals surface area contributed by atoms with Gasteiger partial charge in [0, 0.05) is 17.3 Å². The number of ether oxygens (including phenoxy) is 1. The Hall–Kier alpha value is -4.68. The molecular formula is C27H17F8N5O4S. The molecule has 5 rings (SSSR count). The summed E-state index contributed by atoms with van der Waals surface area (Å²) in [7, 11) is 0. The zero-order valence-corrected chi connectivity index (χ0v) is 23.2. The Labute approximate surface area is 249 Å². The van der Waals surface area contributed by atoms with Gasteiger partial charge in [-0.25, -0.2) is 22.7 Å². The molecule has 0 radical (unpaired) electrons. The Morgan fingerprint density at radius 2 is 1.58 bits per heavy atom. The highest BCUT2D eigenvalue weighted by Crippen LogP contribution is 2.37. The standard InChI is InChI=1S/C27H17F8N5O4S/c1-13-37-24(26(30,31)32)11-39(13)25-20(29)7-15(16-6-19(28)18(12-41)23(9-16)45(42)43)8-21(25)40-22(10-36-38-40)14-2-4-17(5-3-14)44-27(33,34)35/h2-11,41H,12H2,1H3,(H,42,43). The van der Waals surface area contributed by atoms with Gasteiger partial charge in [0.05, 0.1) is 29.1 Å². The van der Waals surface area contributed by atoms with E-state index < -0.39 is 69.5 Å². The van der Waals surface area contributed by atoms with Gasteiger partial charge >= 0.3 is 12.5 Å². The Morgan fingerprint density at radius 3 is 2.16 bits per heavy atom. The van der Waals surface area contributed by atoms with E-state index in [1.807, 2.05) is 0 Å². The summed E-state index contributed by atoms with van der Waals surface area (Å²) in [4.78, 5) is 2.96. The number of rotatable bonds is 7. The topological polar surface area (TPSA) is 115 Å². The first kappa shape index (κ1) is 31.7. The lowest BCUT2D eigenvalue weighted by Crippen LogP contribution is -2.17. The number of aromatic nitrogens is 5. The van der Waals surface area contributed by atoms with E-state index in [1.165, 1.54) is 25.1 Å². The molecule has 2 heterocycles. The van der Waals surface area contributed by atoms with E-state index in [4.69, 9.17) is 0 Å². The molecule has 2 aromatic heterocycles. The molecule has 0 aliphatic carbocycles. The first-order chi connectivity index (χ1) is 21.1. The molecule has 0 aliphatic rings. The molecular weight excluding hydrogens is 642 g/mol. The normalized spacial score (nSPS) is 12.9. The fourth-order valence-corrected chi connectivity index (χ4v) is 5.11. The van der Waals surface area contributed by atoms with Crippen LogP contribution >= 0.6 is 0 Å². The lowest BCUT2D eigenvalue weighted by molar-refractivity contribution is -0.274. The molecule has 3 aromatic carbocycles. The highest BCUT2D eigenvalue weighted by Gasteiger charge is 2.35. The Bertz CT molecular complexity index is 1920. The van der Waals surface area contributed by atoms with Crippen molar-refractivity contribution in [3.63, 3.8) is 0 Å². The molecule has 2 N–H and O–H groups in total. The van der Waals surface area contributed by atoms with Crippen LogP contribution in [0.4, 0.5) is 35.1 Å². The van der Waals surface area contributed by atoms with E-state index in [0.717, 1.165) is 45.8 Å². The number of nitrogens with zero attached hydrogens (tertiary/aromatic N) is 5. The minimum absolute atomic E-state index is 0.0409. The fourth-order valence-electron chi connectivity index (χ4n) is 4.51. The van der Waals surface area contributed by atoms with Crippen molar-refractivity contribution in [2.75, 3.05) is 0 Å². The maximum Gasteiger partial charge on any atom is 0.573 e. The summed E-state index contributed by atoms with van der Waals surface area (Å²) in [6, 6.07) is 8.26. The molecule has 9 nitrogen and oxygen atoms in total. The first-order valence-electron chi connectivity index (χ1n) is 12.4. The van der Waals surface area contributed by atoms with Gasteiger partial charge in [-0.3, -0.25) is 4.57 Å². The Kier molecular flexibility index (Phi) is 8.23. The molecule has 0 saturated carbocycles. The number of hydrogen-bond donors (Lipinski definition) is 2. The van der Waals surface area contributed by atoms with Gasteiger partial charge in [-0.15, -0.1) is 18.3 Å². The van der Waals surface area contributed by atoms with Crippen LogP contribution in [0.2, 0.25) is 0 Å². The molecule has 1 atom stereocenters. The smallest absolute Gasteiger partial charge is 0.406 e. The number of benzene rings is 3. The minimum atomic E-state index is -4.97. The molecule has 5 aromatic rings. The first-order valence-corrected chi connectivity index (χ1v) is 13.5. The van der Waals surface area contributed by atoms with Crippen molar-refractivity contribution in [1.82, 2.24) is 24.5 Å². The second kappa shape index (κ2) is 11.7. The van der Waals surface area contributed by atoms with Crippen LogP contribution < -0.4 is 4.74 Å². The zero-order valence-electron chi connectivity index (χ0n) is 22.4. The Morgan fingerprint density at radius 1 is 0.933 bits per heavy atom. The van der Waals surface area contributed by atoms with Crippen LogP contribution in [0.5, 0.6) is 5.75 Å². The van der Waals surface area contributed by atoms with Gasteiger partial charge in [0.1, 0.15) is 28.9 Å². The maximum absolute atomic E-state index is 16.1. The van der Waals surface area contributed by atoms with Gasteiger partial charge in [0.2, 0.25) is 0 Å². The predicted molar refractivity (Wildman–Crippen MR) is 141 cm³/mol. The van der Waals surface area contributed by atoms with E-state index in [2.05, 4.69) is 20.0 Å². The third-order valence-corrected chi connectivity index (χ3v) is 7.19. The van der Waals surface area contributed by atoms with Gasteiger partial charge in [0.15, 0.2) is 16.8 Å². The van der Waals surface area contributed by atoms with E-state index in [1.54, 1.807) is 0 Å². The lowest BCUT2D eigenvalue weighted by atomic mass is 10.0. The van der Waals surface area contributed by atoms with Crippen molar-refractivity contribution in [3.05, 3.63) is 89.6 Å². The molecule has 0 fully saturated rings.